The monoisotopic (exact) mass is 416 g/mol. The quantitative estimate of drug-likeness (QED) is 0.613. The summed E-state index contributed by atoms with van der Waals surface area (Å²) in [5.41, 5.74) is 6.26. The molecule has 1 aliphatic heterocycles. The third-order valence-corrected chi connectivity index (χ3v) is 6.01. The number of hydrogen-bond donors (Lipinski definition) is 2. The summed E-state index contributed by atoms with van der Waals surface area (Å²) in [7, 11) is 0. The van der Waals surface area contributed by atoms with Gasteiger partial charge in [-0.25, -0.2) is 4.79 Å². The minimum Gasteiger partial charge on any atom is -0.508 e. The van der Waals surface area contributed by atoms with E-state index in [2.05, 4.69) is 34.9 Å². The van der Waals surface area contributed by atoms with Crippen LogP contribution in [0.15, 0.2) is 66.7 Å². The number of anilines is 1. The Bertz CT molecular complexity index is 1050. The van der Waals surface area contributed by atoms with Crippen LogP contribution < -0.4 is 4.90 Å². The van der Waals surface area contributed by atoms with E-state index in [0.29, 0.717) is 5.56 Å². The lowest BCUT2D eigenvalue weighted by atomic mass is 9.97. The molecule has 1 aliphatic rings. The lowest BCUT2D eigenvalue weighted by molar-refractivity contribution is 0.0697. The molecule has 1 fully saturated rings. The van der Waals surface area contributed by atoms with Crippen LogP contribution in [0.4, 0.5) is 5.69 Å². The Morgan fingerprint density at radius 2 is 1.58 bits per heavy atom. The van der Waals surface area contributed by atoms with Gasteiger partial charge < -0.3 is 15.1 Å². The van der Waals surface area contributed by atoms with Crippen molar-refractivity contribution < 1.29 is 15.0 Å². The molecule has 31 heavy (non-hydrogen) atoms. The fraction of sp³-hybridized carbons (Fsp3) is 0.269. The van der Waals surface area contributed by atoms with Crippen LogP contribution in [-0.4, -0.2) is 47.3 Å². The third kappa shape index (κ3) is 4.89. The van der Waals surface area contributed by atoms with Gasteiger partial charge >= 0.3 is 5.97 Å². The van der Waals surface area contributed by atoms with E-state index in [0.717, 1.165) is 56.0 Å². The highest BCUT2D eigenvalue weighted by molar-refractivity contribution is 5.88. The Hall–Kier alpha value is -3.31. The van der Waals surface area contributed by atoms with E-state index in [9.17, 15) is 9.90 Å². The second-order valence-electron chi connectivity index (χ2n) is 8.00. The molecule has 1 heterocycles. The minimum atomic E-state index is -0.891. The zero-order valence-electron chi connectivity index (χ0n) is 17.8. The van der Waals surface area contributed by atoms with Crippen LogP contribution in [-0.2, 0) is 13.0 Å². The molecule has 5 heteroatoms. The number of hydrogen-bond acceptors (Lipinski definition) is 4. The Morgan fingerprint density at radius 1 is 0.871 bits per heavy atom. The largest absolute Gasteiger partial charge is 0.508 e. The molecular formula is C26H28N2O3. The molecule has 3 aromatic carbocycles. The van der Waals surface area contributed by atoms with E-state index in [1.165, 1.54) is 11.1 Å². The van der Waals surface area contributed by atoms with Gasteiger partial charge in [-0.3, -0.25) is 4.90 Å². The zero-order chi connectivity index (χ0) is 21.8. The molecule has 2 N–H and O–H groups in total. The molecule has 0 unspecified atom stereocenters. The SMILES string of the molecule is CCc1cc(-c2cccc(O)c2)ccc1CN1CCN(c2ccc(C(=O)O)cc2)CC1. The molecule has 0 aliphatic carbocycles. The summed E-state index contributed by atoms with van der Waals surface area (Å²) >= 11 is 0. The fourth-order valence-electron chi connectivity index (χ4n) is 4.19. The number of rotatable bonds is 6. The summed E-state index contributed by atoms with van der Waals surface area (Å²) in [6, 6.07) is 21.1. The van der Waals surface area contributed by atoms with Crippen molar-refractivity contribution in [1.29, 1.82) is 0 Å². The van der Waals surface area contributed by atoms with Crippen LogP contribution in [0.1, 0.15) is 28.4 Å². The van der Waals surface area contributed by atoms with Gasteiger partial charge in [0.05, 0.1) is 5.56 Å². The van der Waals surface area contributed by atoms with Gasteiger partial charge in [-0.05, 0) is 65.1 Å². The first-order valence-electron chi connectivity index (χ1n) is 10.8. The topological polar surface area (TPSA) is 64.0 Å². The van der Waals surface area contributed by atoms with Crippen molar-refractivity contribution in [3.05, 3.63) is 83.4 Å². The maximum Gasteiger partial charge on any atom is 0.335 e. The van der Waals surface area contributed by atoms with E-state index in [-0.39, 0.29) is 5.75 Å². The van der Waals surface area contributed by atoms with E-state index >= 15 is 0 Å². The number of benzene rings is 3. The molecular weight excluding hydrogens is 388 g/mol. The highest BCUT2D eigenvalue weighted by Crippen LogP contribution is 2.27. The lowest BCUT2D eigenvalue weighted by Crippen LogP contribution is -2.46. The average Bonchev–Trinajstić information content (AvgIpc) is 2.80. The number of aryl methyl sites for hydroxylation is 1. The summed E-state index contributed by atoms with van der Waals surface area (Å²) < 4.78 is 0. The molecule has 3 aromatic rings. The maximum absolute atomic E-state index is 11.0. The number of carboxylic acid groups (broad SMARTS) is 1. The van der Waals surface area contributed by atoms with Crippen LogP contribution in [0.25, 0.3) is 11.1 Å². The van der Waals surface area contributed by atoms with Crippen molar-refractivity contribution >= 4 is 11.7 Å². The van der Waals surface area contributed by atoms with E-state index in [1.54, 1.807) is 24.3 Å². The second-order valence-corrected chi connectivity index (χ2v) is 8.00. The first-order valence-corrected chi connectivity index (χ1v) is 10.8. The number of nitrogens with zero attached hydrogens (tertiary/aromatic N) is 2. The highest BCUT2D eigenvalue weighted by Gasteiger charge is 2.18. The van der Waals surface area contributed by atoms with Crippen molar-refractivity contribution in [2.24, 2.45) is 0 Å². The number of aromatic hydroxyl groups is 1. The minimum absolute atomic E-state index is 0.287. The van der Waals surface area contributed by atoms with Gasteiger partial charge in [0.25, 0.3) is 0 Å². The second kappa shape index (κ2) is 9.23. The van der Waals surface area contributed by atoms with Crippen LogP contribution in [0, 0.1) is 0 Å². The van der Waals surface area contributed by atoms with Gasteiger partial charge in [-0.1, -0.05) is 37.3 Å². The van der Waals surface area contributed by atoms with Crippen LogP contribution in [0.2, 0.25) is 0 Å². The van der Waals surface area contributed by atoms with Gasteiger partial charge in [0.15, 0.2) is 0 Å². The van der Waals surface area contributed by atoms with Crippen molar-refractivity contribution in [2.45, 2.75) is 19.9 Å². The first-order chi connectivity index (χ1) is 15.0. The number of carboxylic acids is 1. The molecule has 0 aromatic heterocycles. The van der Waals surface area contributed by atoms with Gasteiger partial charge in [0.2, 0.25) is 0 Å². The van der Waals surface area contributed by atoms with Crippen LogP contribution in [0.3, 0.4) is 0 Å². The predicted octanol–water partition coefficient (Wildman–Crippen LogP) is 4.64. The molecule has 0 radical (unpaired) electrons. The van der Waals surface area contributed by atoms with E-state index in [1.807, 2.05) is 24.3 Å². The molecule has 0 amide bonds. The third-order valence-electron chi connectivity index (χ3n) is 6.01. The summed E-state index contributed by atoms with van der Waals surface area (Å²) in [5, 5.41) is 18.8. The number of phenolic OH excluding ortho intramolecular Hbond substituents is 1. The smallest absolute Gasteiger partial charge is 0.335 e. The van der Waals surface area contributed by atoms with E-state index in [4.69, 9.17) is 5.11 Å². The molecule has 4 rings (SSSR count). The normalized spacial score (nSPS) is 14.5. The van der Waals surface area contributed by atoms with Crippen molar-refractivity contribution in [3.63, 3.8) is 0 Å². The van der Waals surface area contributed by atoms with Crippen LogP contribution in [0.5, 0.6) is 5.75 Å². The molecule has 160 valence electrons. The van der Waals surface area contributed by atoms with Gasteiger partial charge in [-0.2, -0.15) is 0 Å². The van der Waals surface area contributed by atoms with Gasteiger partial charge in [0.1, 0.15) is 5.75 Å². The Morgan fingerprint density at radius 3 is 2.23 bits per heavy atom. The number of phenols is 1. The molecule has 5 nitrogen and oxygen atoms in total. The predicted molar refractivity (Wildman–Crippen MR) is 124 cm³/mol. The molecule has 1 saturated heterocycles. The summed E-state index contributed by atoms with van der Waals surface area (Å²) in [5.74, 6) is -0.603. The fourth-order valence-corrected chi connectivity index (χ4v) is 4.19. The molecule has 0 bridgehead atoms. The Balaban J connectivity index is 1.40. The van der Waals surface area contributed by atoms with Gasteiger partial charge in [-0.15, -0.1) is 0 Å². The number of aromatic carboxylic acids is 1. The number of carbonyl (C=O) groups is 1. The summed E-state index contributed by atoms with van der Waals surface area (Å²) in [4.78, 5) is 15.8. The van der Waals surface area contributed by atoms with Crippen molar-refractivity contribution in [3.8, 4) is 16.9 Å². The average molecular weight is 417 g/mol. The summed E-state index contributed by atoms with van der Waals surface area (Å²) in [6.45, 7) is 6.90. The molecule has 0 atom stereocenters. The zero-order valence-corrected chi connectivity index (χ0v) is 17.8. The lowest BCUT2D eigenvalue weighted by Gasteiger charge is -2.36. The first kappa shape index (κ1) is 20.9. The Kier molecular flexibility index (Phi) is 6.23. The number of piperazine rings is 1. The van der Waals surface area contributed by atoms with Crippen molar-refractivity contribution in [1.82, 2.24) is 4.90 Å². The molecule has 0 saturated carbocycles. The van der Waals surface area contributed by atoms with Gasteiger partial charge in [0, 0.05) is 38.4 Å². The van der Waals surface area contributed by atoms with E-state index < -0.39 is 5.97 Å². The molecule has 0 spiro atoms. The van der Waals surface area contributed by atoms with Crippen molar-refractivity contribution in [2.75, 3.05) is 31.1 Å². The standard InChI is InChI=1S/C26H28N2O3/c1-2-19-16-22(21-4-3-5-25(29)17-21)6-7-23(19)18-27-12-14-28(15-13-27)24-10-8-20(9-11-24)26(30)31/h3-11,16-17,29H,2,12-15,18H2,1H3,(H,30,31). The van der Waals surface area contributed by atoms with Crippen LogP contribution >= 0.6 is 0 Å². The maximum atomic E-state index is 11.0. The summed E-state index contributed by atoms with van der Waals surface area (Å²) in [6.07, 6.45) is 0.970. The highest BCUT2D eigenvalue weighted by atomic mass is 16.4. The Labute approximate surface area is 183 Å².